The first-order valence-electron chi connectivity index (χ1n) is 7.12. The third-order valence-corrected chi connectivity index (χ3v) is 4.68. The molecule has 10 heteroatoms. The van der Waals surface area contributed by atoms with Crippen LogP contribution in [0, 0.1) is 13.8 Å². The molecule has 2 aromatic rings. The number of alkyl halides is 3. The SMILES string of the molecule is Cc1cc(C)c(NS(=O)(=O)c2ccc(OC(F)(F)F)cc2)c(C(=O)O)c1. The van der Waals surface area contributed by atoms with E-state index in [0.29, 0.717) is 11.1 Å². The van der Waals surface area contributed by atoms with Crippen molar-refractivity contribution in [2.24, 2.45) is 0 Å². The number of carboxylic acid groups (broad SMARTS) is 1. The first-order chi connectivity index (χ1) is 11.9. The Morgan fingerprint density at radius 2 is 1.69 bits per heavy atom. The maximum atomic E-state index is 12.4. The molecule has 140 valence electrons. The molecule has 26 heavy (non-hydrogen) atoms. The molecule has 0 bridgehead atoms. The van der Waals surface area contributed by atoms with Crippen LogP contribution in [0.3, 0.4) is 0 Å². The highest BCUT2D eigenvalue weighted by Crippen LogP contribution is 2.28. The van der Waals surface area contributed by atoms with E-state index < -0.39 is 28.1 Å². The Morgan fingerprint density at radius 3 is 2.19 bits per heavy atom. The minimum Gasteiger partial charge on any atom is -0.478 e. The van der Waals surface area contributed by atoms with Crippen LogP contribution in [-0.2, 0) is 10.0 Å². The van der Waals surface area contributed by atoms with Crippen molar-refractivity contribution in [1.82, 2.24) is 0 Å². The highest BCUT2D eigenvalue weighted by atomic mass is 32.2. The number of rotatable bonds is 5. The monoisotopic (exact) mass is 389 g/mol. The number of sulfonamides is 1. The molecule has 6 nitrogen and oxygen atoms in total. The number of ether oxygens (including phenoxy) is 1. The number of nitrogens with one attached hydrogen (secondary N) is 1. The quantitative estimate of drug-likeness (QED) is 0.813. The van der Waals surface area contributed by atoms with Crippen LogP contribution < -0.4 is 9.46 Å². The summed E-state index contributed by atoms with van der Waals surface area (Å²) in [6.07, 6.45) is -4.89. The average molecular weight is 389 g/mol. The van der Waals surface area contributed by atoms with Gasteiger partial charge in [0.15, 0.2) is 0 Å². The maximum absolute atomic E-state index is 12.4. The average Bonchev–Trinajstić information content (AvgIpc) is 2.48. The second kappa shape index (κ2) is 6.87. The predicted molar refractivity (Wildman–Crippen MR) is 86.8 cm³/mol. The lowest BCUT2D eigenvalue weighted by Crippen LogP contribution is -2.18. The zero-order valence-corrected chi connectivity index (χ0v) is 14.4. The van der Waals surface area contributed by atoms with E-state index in [4.69, 9.17) is 0 Å². The van der Waals surface area contributed by atoms with E-state index >= 15 is 0 Å². The molecule has 2 N–H and O–H groups in total. The summed E-state index contributed by atoms with van der Waals surface area (Å²) in [6.45, 7) is 3.20. The molecule has 0 aliphatic heterocycles. The lowest BCUT2D eigenvalue weighted by molar-refractivity contribution is -0.274. The number of benzene rings is 2. The molecule has 0 spiro atoms. The number of hydrogen-bond acceptors (Lipinski definition) is 4. The van der Waals surface area contributed by atoms with Gasteiger partial charge in [-0.15, -0.1) is 13.2 Å². The van der Waals surface area contributed by atoms with E-state index in [1.54, 1.807) is 13.0 Å². The lowest BCUT2D eigenvalue weighted by atomic mass is 10.0. The molecule has 0 heterocycles. The van der Waals surface area contributed by atoms with Crippen molar-refractivity contribution in [3.63, 3.8) is 0 Å². The van der Waals surface area contributed by atoms with Crippen LogP contribution in [0.15, 0.2) is 41.3 Å². The van der Waals surface area contributed by atoms with Crippen LogP contribution in [0.5, 0.6) is 5.75 Å². The predicted octanol–water partition coefficient (Wildman–Crippen LogP) is 3.70. The highest BCUT2D eigenvalue weighted by Gasteiger charge is 2.31. The van der Waals surface area contributed by atoms with Crippen LogP contribution in [0.4, 0.5) is 18.9 Å². The van der Waals surface area contributed by atoms with E-state index in [-0.39, 0.29) is 16.1 Å². The normalized spacial score (nSPS) is 11.9. The van der Waals surface area contributed by atoms with Gasteiger partial charge in [-0.3, -0.25) is 4.72 Å². The van der Waals surface area contributed by atoms with Crippen LogP contribution in [0.25, 0.3) is 0 Å². The Kier molecular flexibility index (Phi) is 5.17. The molecule has 0 fully saturated rings. The first-order valence-corrected chi connectivity index (χ1v) is 8.60. The standard InChI is InChI=1S/C16H14F3NO5S/c1-9-7-10(2)14(13(8-9)15(21)22)20-26(23,24)12-5-3-11(4-6-12)25-16(17,18)19/h3-8,20H,1-2H3,(H,21,22). The molecular weight excluding hydrogens is 375 g/mol. The fourth-order valence-corrected chi connectivity index (χ4v) is 3.44. The summed E-state index contributed by atoms with van der Waals surface area (Å²) < 4.78 is 67.2. The number of aryl methyl sites for hydroxylation is 2. The van der Waals surface area contributed by atoms with Crippen molar-refractivity contribution in [3.05, 3.63) is 53.1 Å². The second-order valence-corrected chi connectivity index (χ2v) is 7.12. The van der Waals surface area contributed by atoms with Crippen LogP contribution in [0.2, 0.25) is 0 Å². The van der Waals surface area contributed by atoms with Gasteiger partial charge in [0.1, 0.15) is 5.75 Å². The smallest absolute Gasteiger partial charge is 0.478 e. The number of anilines is 1. The van der Waals surface area contributed by atoms with Gasteiger partial charge in [-0.05, 0) is 55.3 Å². The van der Waals surface area contributed by atoms with Gasteiger partial charge in [-0.25, -0.2) is 13.2 Å². The van der Waals surface area contributed by atoms with Gasteiger partial charge in [-0.2, -0.15) is 0 Å². The van der Waals surface area contributed by atoms with Crippen LogP contribution in [-0.4, -0.2) is 25.9 Å². The number of aromatic carboxylic acids is 1. The minimum atomic E-state index is -4.89. The Balaban J connectivity index is 2.37. The van der Waals surface area contributed by atoms with Gasteiger partial charge >= 0.3 is 12.3 Å². The van der Waals surface area contributed by atoms with E-state index in [1.165, 1.54) is 13.0 Å². The van der Waals surface area contributed by atoms with Gasteiger partial charge in [0.25, 0.3) is 10.0 Å². The molecule has 2 rings (SSSR count). The molecule has 0 radical (unpaired) electrons. The topological polar surface area (TPSA) is 92.7 Å². The fraction of sp³-hybridized carbons (Fsp3) is 0.188. The summed E-state index contributed by atoms with van der Waals surface area (Å²) in [5.74, 6) is -1.89. The molecule has 0 aliphatic rings. The van der Waals surface area contributed by atoms with Crippen molar-refractivity contribution in [2.75, 3.05) is 4.72 Å². The minimum absolute atomic E-state index is 0.112. The highest BCUT2D eigenvalue weighted by molar-refractivity contribution is 7.92. The summed E-state index contributed by atoms with van der Waals surface area (Å²) in [5, 5.41) is 9.27. The molecule has 0 amide bonds. The van der Waals surface area contributed by atoms with Gasteiger partial charge in [0.05, 0.1) is 16.1 Å². The maximum Gasteiger partial charge on any atom is 0.573 e. The molecule has 0 saturated heterocycles. The molecule has 0 saturated carbocycles. The third kappa shape index (κ3) is 4.66. The largest absolute Gasteiger partial charge is 0.573 e. The second-order valence-electron chi connectivity index (χ2n) is 5.43. The fourth-order valence-electron chi connectivity index (χ4n) is 2.29. The lowest BCUT2D eigenvalue weighted by Gasteiger charge is -2.15. The Morgan fingerprint density at radius 1 is 1.12 bits per heavy atom. The van der Waals surface area contributed by atoms with E-state index in [0.717, 1.165) is 24.3 Å². The summed E-state index contributed by atoms with van der Waals surface area (Å²) in [7, 11) is -4.22. The number of hydrogen-bond donors (Lipinski definition) is 2. The zero-order chi connectivity index (χ0) is 19.7. The van der Waals surface area contributed by atoms with Crippen molar-refractivity contribution in [1.29, 1.82) is 0 Å². The summed E-state index contributed by atoms with van der Waals surface area (Å²) in [4.78, 5) is 11.0. The zero-order valence-electron chi connectivity index (χ0n) is 13.6. The van der Waals surface area contributed by atoms with Crippen LogP contribution >= 0.6 is 0 Å². The number of halogens is 3. The van der Waals surface area contributed by atoms with Gasteiger partial charge < -0.3 is 9.84 Å². The summed E-state index contributed by atoms with van der Waals surface area (Å²) >= 11 is 0. The first kappa shape index (κ1) is 19.6. The molecular formula is C16H14F3NO5S. The van der Waals surface area contributed by atoms with Gasteiger partial charge in [0, 0.05) is 0 Å². The molecule has 0 unspecified atom stereocenters. The van der Waals surface area contributed by atoms with Gasteiger partial charge in [0.2, 0.25) is 0 Å². The molecule has 0 atom stereocenters. The van der Waals surface area contributed by atoms with Crippen molar-refractivity contribution < 1.29 is 36.2 Å². The number of carbonyl (C=O) groups is 1. The van der Waals surface area contributed by atoms with Gasteiger partial charge in [-0.1, -0.05) is 6.07 Å². The third-order valence-electron chi connectivity index (χ3n) is 3.31. The Labute approximate surface area is 147 Å². The molecule has 0 aromatic heterocycles. The van der Waals surface area contributed by atoms with Crippen molar-refractivity contribution >= 4 is 21.7 Å². The Bertz CT molecular complexity index is 938. The summed E-state index contributed by atoms with van der Waals surface area (Å²) in [5.41, 5.74) is 0.682. The van der Waals surface area contributed by atoms with Crippen molar-refractivity contribution in [2.45, 2.75) is 25.1 Å². The van der Waals surface area contributed by atoms with E-state index in [1.807, 2.05) is 0 Å². The summed E-state index contributed by atoms with van der Waals surface area (Å²) in [6, 6.07) is 6.46. The van der Waals surface area contributed by atoms with E-state index in [2.05, 4.69) is 9.46 Å². The van der Waals surface area contributed by atoms with E-state index in [9.17, 15) is 31.5 Å². The molecule has 0 aliphatic carbocycles. The van der Waals surface area contributed by atoms with Crippen molar-refractivity contribution in [3.8, 4) is 5.75 Å². The number of carboxylic acids is 1. The molecule has 2 aromatic carbocycles. The van der Waals surface area contributed by atoms with Crippen LogP contribution in [0.1, 0.15) is 21.5 Å². The Hall–Kier alpha value is -2.75.